The van der Waals surface area contributed by atoms with Crippen LogP contribution in [0.4, 0.5) is 0 Å². The predicted molar refractivity (Wildman–Crippen MR) is 89.3 cm³/mol. The van der Waals surface area contributed by atoms with Crippen molar-refractivity contribution in [3.05, 3.63) is 17.8 Å². The third kappa shape index (κ3) is 7.17. The number of guanidine groups is 1. The molecule has 0 bridgehead atoms. The van der Waals surface area contributed by atoms with Crippen LogP contribution in [-0.4, -0.2) is 37.1 Å². The monoisotopic (exact) mass is 324 g/mol. The molecule has 0 aliphatic heterocycles. The van der Waals surface area contributed by atoms with E-state index in [1.165, 1.54) is 0 Å². The maximum atomic E-state index is 11.2. The Morgan fingerprint density at radius 2 is 2.13 bits per heavy atom. The average molecular weight is 324 g/mol. The second-order valence-electron chi connectivity index (χ2n) is 6.13. The minimum atomic E-state index is -0.174. The number of esters is 1. The number of ether oxygens (including phenoxy) is 1. The van der Waals surface area contributed by atoms with Crippen LogP contribution >= 0.6 is 0 Å². The largest absolute Gasteiger partial charge is 0.466 e. The Kier molecular flexibility index (Phi) is 7.57. The summed E-state index contributed by atoms with van der Waals surface area (Å²) in [5, 5.41) is 6.27. The van der Waals surface area contributed by atoms with Crippen LogP contribution in [0.15, 0.2) is 15.6 Å². The van der Waals surface area contributed by atoms with Gasteiger partial charge in [0.25, 0.3) is 0 Å². The molecule has 0 aliphatic rings. The second kappa shape index (κ2) is 9.17. The van der Waals surface area contributed by atoms with E-state index in [0.29, 0.717) is 44.4 Å². The molecule has 1 aromatic heterocycles. The molecule has 0 atom stereocenters. The highest BCUT2D eigenvalue weighted by Gasteiger charge is 2.19. The fourth-order valence-electron chi connectivity index (χ4n) is 1.79. The molecule has 130 valence electrons. The smallest absolute Gasteiger partial charge is 0.305 e. The third-order valence-electron chi connectivity index (χ3n) is 3.08. The van der Waals surface area contributed by atoms with Crippen molar-refractivity contribution in [2.24, 2.45) is 4.99 Å². The van der Waals surface area contributed by atoms with Crippen LogP contribution in [-0.2, 0) is 21.5 Å². The topological polar surface area (TPSA) is 88.8 Å². The molecular formula is C16H28N4O3. The minimum Gasteiger partial charge on any atom is -0.466 e. The molecule has 0 saturated carbocycles. The quantitative estimate of drug-likeness (QED) is 0.345. The Labute approximate surface area is 137 Å². The van der Waals surface area contributed by atoms with Crippen molar-refractivity contribution in [2.75, 3.05) is 20.2 Å². The van der Waals surface area contributed by atoms with Crippen LogP contribution in [0, 0.1) is 0 Å². The highest BCUT2D eigenvalue weighted by Crippen LogP contribution is 2.22. The Morgan fingerprint density at radius 3 is 2.70 bits per heavy atom. The summed E-state index contributed by atoms with van der Waals surface area (Å²) in [5.41, 5.74) is -0.0573. The van der Waals surface area contributed by atoms with E-state index in [1.54, 1.807) is 20.2 Å². The van der Waals surface area contributed by atoms with Gasteiger partial charge in [-0.1, -0.05) is 20.8 Å². The molecule has 1 heterocycles. The van der Waals surface area contributed by atoms with E-state index in [0.717, 1.165) is 5.76 Å². The third-order valence-corrected chi connectivity index (χ3v) is 3.08. The summed E-state index contributed by atoms with van der Waals surface area (Å²) < 4.78 is 10.6. The molecule has 0 aromatic carbocycles. The molecule has 0 spiro atoms. The molecule has 7 heteroatoms. The molecule has 0 amide bonds. The van der Waals surface area contributed by atoms with Crippen LogP contribution in [0.2, 0.25) is 0 Å². The number of aliphatic imine (C=N–C) groups is 1. The highest BCUT2D eigenvalue weighted by atomic mass is 16.5. The SMILES string of the molecule is CCOC(=O)CCCNC(=NC)NCc1ncc(C(C)(C)C)o1. The second-order valence-corrected chi connectivity index (χ2v) is 6.13. The number of carbonyl (C=O) groups is 1. The maximum absolute atomic E-state index is 11.2. The van der Waals surface area contributed by atoms with E-state index in [2.05, 4.69) is 41.4 Å². The summed E-state index contributed by atoms with van der Waals surface area (Å²) in [6.45, 7) is 9.54. The van der Waals surface area contributed by atoms with Gasteiger partial charge in [-0.15, -0.1) is 0 Å². The van der Waals surface area contributed by atoms with Crippen molar-refractivity contribution >= 4 is 11.9 Å². The van der Waals surface area contributed by atoms with Crippen molar-refractivity contribution in [1.82, 2.24) is 15.6 Å². The zero-order chi connectivity index (χ0) is 17.3. The summed E-state index contributed by atoms with van der Waals surface area (Å²) in [6.07, 6.45) is 2.84. The van der Waals surface area contributed by atoms with Crippen LogP contribution in [0.5, 0.6) is 0 Å². The van der Waals surface area contributed by atoms with Crippen LogP contribution < -0.4 is 10.6 Å². The lowest BCUT2D eigenvalue weighted by molar-refractivity contribution is -0.143. The van der Waals surface area contributed by atoms with Gasteiger partial charge in [0.05, 0.1) is 19.3 Å². The Balaban J connectivity index is 2.32. The number of nitrogens with one attached hydrogen (secondary N) is 2. The first-order chi connectivity index (χ1) is 10.9. The zero-order valence-electron chi connectivity index (χ0n) is 14.7. The van der Waals surface area contributed by atoms with E-state index < -0.39 is 0 Å². The molecule has 0 radical (unpaired) electrons. The first kappa shape index (κ1) is 19.0. The first-order valence-electron chi connectivity index (χ1n) is 7.92. The van der Waals surface area contributed by atoms with Gasteiger partial charge in [0, 0.05) is 25.4 Å². The fraction of sp³-hybridized carbons (Fsp3) is 0.688. The predicted octanol–water partition coefficient (Wildman–Crippen LogP) is 1.98. The number of hydrogen-bond acceptors (Lipinski definition) is 5. The summed E-state index contributed by atoms with van der Waals surface area (Å²) in [7, 11) is 1.69. The van der Waals surface area contributed by atoms with Crippen molar-refractivity contribution in [3.8, 4) is 0 Å². The average Bonchev–Trinajstić information content (AvgIpc) is 2.96. The number of aromatic nitrogens is 1. The summed E-state index contributed by atoms with van der Waals surface area (Å²) in [4.78, 5) is 19.6. The lowest BCUT2D eigenvalue weighted by atomic mass is 9.94. The molecule has 23 heavy (non-hydrogen) atoms. The number of oxazole rings is 1. The standard InChI is InChI=1S/C16H28N4O3/c1-6-22-14(21)8-7-9-18-15(17-5)20-11-13-19-10-12(23-13)16(2,3)4/h10H,6-9,11H2,1-5H3,(H2,17,18,20). The first-order valence-corrected chi connectivity index (χ1v) is 7.92. The van der Waals surface area contributed by atoms with Crippen molar-refractivity contribution in [3.63, 3.8) is 0 Å². The van der Waals surface area contributed by atoms with Gasteiger partial charge in [-0.3, -0.25) is 9.79 Å². The van der Waals surface area contributed by atoms with Gasteiger partial charge in [0.1, 0.15) is 5.76 Å². The molecule has 1 aromatic rings. The lowest BCUT2D eigenvalue weighted by Gasteiger charge is -2.13. The summed E-state index contributed by atoms with van der Waals surface area (Å²) in [5.74, 6) is 1.94. The zero-order valence-corrected chi connectivity index (χ0v) is 14.7. The molecule has 0 fully saturated rings. The normalized spacial score (nSPS) is 12.1. The molecule has 0 unspecified atom stereocenters. The van der Waals surface area contributed by atoms with E-state index >= 15 is 0 Å². The Hall–Kier alpha value is -2.05. The number of hydrogen-bond donors (Lipinski definition) is 2. The van der Waals surface area contributed by atoms with Gasteiger partial charge in [0.2, 0.25) is 5.89 Å². The van der Waals surface area contributed by atoms with Crippen molar-refractivity contribution in [2.45, 2.75) is 52.5 Å². The van der Waals surface area contributed by atoms with E-state index in [1.807, 2.05) is 0 Å². The van der Waals surface area contributed by atoms with Crippen molar-refractivity contribution in [1.29, 1.82) is 0 Å². The van der Waals surface area contributed by atoms with E-state index in [-0.39, 0.29) is 11.4 Å². The molecule has 2 N–H and O–H groups in total. The molecule has 7 nitrogen and oxygen atoms in total. The minimum absolute atomic E-state index is 0.0573. The molecule has 0 saturated heterocycles. The van der Waals surface area contributed by atoms with Gasteiger partial charge in [-0.2, -0.15) is 0 Å². The van der Waals surface area contributed by atoms with E-state index in [4.69, 9.17) is 9.15 Å². The summed E-state index contributed by atoms with van der Waals surface area (Å²) in [6, 6.07) is 0. The summed E-state index contributed by atoms with van der Waals surface area (Å²) >= 11 is 0. The van der Waals surface area contributed by atoms with Gasteiger partial charge < -0.3 is 19.8 Å². The lowest BCUT2D eigenvalue weighted by Crippen LogP contribution is -2.37. The van der Waals surface area contributed by atoms with Crippen LogP contribution in [0.3, 0.4) is 0 Å². The fourth-order valence-corrected chi connectivity index (χ4v) is 1.79. The van der Waals surface area contributed by atoms with Crippen LogP contribution in [0.25, 0.3) is 0 Å². The number of nitrogens with zero attached hydrogens (tertiary/aromatic N) is 2. The van der Waals surface area contributed by atoms with E-state index in [9.17, 15) is 4.79 Å². The molecule has 0 aliphatic carbocycles. The Bertz CT molecular complexity index is 518. The number of carbonyl (C=O) groups excluding carboxylic acids is 1. The van der Waals surface area contributed by atoms with Gasteiger partial charge in [-0.25, -0.2) is 4.98 Å². The van der Waals surface area contributed by atoms with Crippen molar-refractivity contribution < 1.29 is 13.9 Å². The highest BCUT2D eigenvalue weighted by molar-refractivity contribution is 5.79. The van der Waals surface area contributed by atoms with Gasteiger partial charge in [0.15, 0.2) is 5.96 Å². The van der Waals surface area contributed by atoms with Gasteiger partial charge >= 0.3 is 5.97 Å². The Morgan fingerprint density at radius 1 is 1.39 bits per heavy atom. The van der Waals surface area contributed by atoms with Crippen LogP contribution in [0.1, 0.15) is 52.2 Å². The maximum Gasteiger partial charge on any atom is 0.305 e. The van der Waals surface area contributed by atoms with Gasteiger partial charge in [-0.05, 0) is 13.3 Å². The molecule has 1 rings (SSSR count). The molecular weight excluding hydrogens is 296 g/mol. The number of rotatable bonds is 7.